The molecule has 0 amide bonds. The number of carboxylic acid groups (broad SMARTS) is 1. The van der Waals surface area contributed by atoms with E-state index in [1.807, 2.05) is 25.4 Å². The molecule has 1 N–H and O–H groups in total. The molecule has 1 aromatic heterocycles. The Balaban J connectivity index is 1.34. The largest absolute Gasteiger partial charge is 0.494 e. The van der Waals surface area contributed by atoms with Gasteiger partial charge in [-0.25, -0.2) is 14.4 Å². The van der Waals surface area contributed by atoms with Gasteiger partial charge in [-0.05, 0) is 79.1 Å². The van der Waals surface area contributed by atoms with Crippen LogP contribution in [-0.4, -0.2) is 41.2 Å². The number of hydrogen-bond acceptors (Lipinski definition) is 5. The molecule has 7 heteroatoms. The highest BCUT2D eigenvalue weighted by atomic mass is 19.1. The van der Waals surface area contributed by atoms with E-state index in [1.54, 1.807) is 12.1 Å². The third kappa shape index (κ3) is 5.53. The second kappa shape index (κ2) is 10.6. The average molecular weight is 464 g/mol. The van der Waals surface area contributed by atoms with E-state index in [0.717, 1.165) is 60.5 Å². The van der Waals surface area contributed by atoms with Crippen molar-refractivity contribution in [3.63, 3.8) is 0 Å². The van der Waals surface area contributed by atoms with E-state index >= 15 is 0 Å². The number of fused-ring (bicyclic) bond motifs is 1. The van der Waals surface area contributed by atoms with Gasteiger partial charge in [-0.1, -0.05) is 13.0 Å². The number of aryl methyl sites for hydroxylation is 2. The van der Waals surface area contributed by atoms with Crippen molar-refractivity contribution in [2.24, 2.45) is 0 Å². The number of carboxylic acids is 1. The van der Waals surface area contributed by atoms with Gasteiger partial charge in [-0.3, -0.25) is 4.79 Å². The molecule has 34 heavy (non-hydrogen) atoms. The minimum absolute atomic E-state index is 0.107. The summed E-state index contributed by atoms with van der Waals surface area (Å²) in [6, 6.07) is 12.2. The summed E-state index contributed by atoms with van der Waals surface area (Å²) in [6.45, 7) is 3.41. The van der Waals surface area contributed by atoms with Gasteiger partial charge < -0.3 is 14.7 Å². The Morgan fingerprint density at radius 3 is 2.76 bits per heavy atom. The fraction of sp³-hybridized carbons (Fsp3) is 0.370. The number of aliphatic carboxylic acids is 1. The van der Waals surface area contributed by atoms with E-state index in [9.17, 15) is 9.18 Å². The number of rotatable bonds is 10. The molecule has 1 atom stereocenters. The van der Waals surface area contributed by atoms with Crippen LogP contribution in [0.25, 0.3) is 11.4 Å². The first-order valence-electron chi connectivity index (χ1n) is 11.7. The first-order chi connectivity index (χ1) is 16.4. The van der Waals surface area contributed by atoms with Crippen molar-refractivity contribution in [1.82, 2.24) is 9.97 Å². The van der Waals surface area contributed by atoms with Gasteiger partial charge in [-0.15, -0.1) is 0 Å². The van der Waals surface area contributed by atoms with Crippen LogP contribution in [0.3, 0.4) is 0 Å². The number of ether oxygens (including phenoxy) is 1. The molecular formula is C27H30FN3O3. The van der Waals surface area contributed by atoms with Crippen LogP contribution in [0.5, 0.6) is 5.75 Å². The minimum Gasteiger partial charge on any atom is -0.494 e. The molecular weight excluding hydrogens is 433 g/mol. The van der Waals surface area contributed by atoms with Gasteiger partial charge in [0.2, 0.25) is 0 Å². The Morgan fingerprint density at radius 1 is 1.24 bits per heavy atom. The number of nitrogens with zero attached hydrogens (tertiary/aromatic N) is 3. The van der Waals surface area contributed by atoms with Crippen molar-refractivity contribution in [3.8, 4) is 17.1 Å². The maximum absolute atomic E-state index is 13.3. The van der Waals surface area contributed by atoms with E-state index < -0.39 is 5.97 Å². The lowest BCUT2D eigenvalue weighted by molar-refractivity contribution is -0.137. The molecule has 1 aliphatic carbocycles. The molecule has 6 nitrogen and oxygen atoms in total. The Kier molecular flexibility index (Phi) is 7.40. The molecule has 0 unspecified atom stereocenters. The zero-order valence-corrected chi connectivity index (χ0v) is 19.6. The predicted octanol–water partition coefficient (Wildman–Crippen LogP) is 5.25. The van der Waals surface area contributed by atoms with Crippen molar-refractivity contribution in [2.75, 3.05) is 25.1 Å². The second-order valence-electron chi connectivity index (χ2n) is 8.72. The molecule has 3 aromatic rings. The second-order valence-corrected chi connectivity index (χ2v) is 8.72. The summed E-state index contributed by atoms with van der Waals surface area (Å²) in [5.41, 5.74) is 4.18. The number of carbonyl (C=O) groups is 1. The zero-order valence-electron chi connectivity index (χ0n) is 19.6. The molecule has 2 aromatic carbocycles. The quantitative estimate of drug-likeness (QED) is 0.414. The lowest BCUT2D eigenvalue weighted by atomic mass is 9.98. The van der Waals surface area contributed by atoms with Gasteiger partial charge in [0.1, 0.15) is 17.4 Å². The lowest BCUT2D eigenvalue weighted by Crippen LogP contribution is -2.23. The predicted molar refractivity (Wildman–Crippen MR) is 130 cm³/mol. The summed E-state index contributed by atoms with van der Waals surface area (Å²) >= 11 is 0. The Morgan fingerprint density at radius 2 is 2.03 bits per heavy atom. The molecule has 0 saturated heterocycles. The van der Waals surface area contributed by atoms with Crippen LogP contribution in [-0.2, 0) is 17.6 Å². The molecule has 0 aliphatic heterocycles. The molecule has 0 saturated carbocycles. The first-order valence-corrected chi connectivity index (χ1v) is 11.7. The molecule has 1 aliphatic rings. The fourth-order valence-corrected chi connectivity index (χ4v) is 4.51. The van der Waals surface area contributed by atoms with Crippen molar-refractivity contribution in [2.45, 2.75) is 44.9 Å². The average Bonchev–Trinajstić information content (AvgIpc) is 3.23. The van der Waals surface area contributed by atoms with Crippen LogP contribution in [0.1, 0.15) is 48.8 Å². The maximum Gasteiger partial charge on any atom is 0.303 e. The van der Waals surface area contributed by atoms with Crippen LogP contribution in [0.2, 0.25) is 0 Å². The van der Waals surface area contributed by atoms with Crippen LogP contribution in [0.4, 0.5) is 10.2 Å². The van der Waals surface area contributed by atoms with Gasteiger partial charge >= 0.3 is 5.97 Å². The standard InChI is InChI=1S/C27H30FN3O3/c1-3-18-17-29-26(19-7-9-22(28)10-8-19)30-27(18)31(2)13-4-14-34-23-11-12-24-20(15-23)5-6-21(24)16-25(32)33/h7-12,15,17,21H,3-6,13-14,16H2,1-2H3,(H,32,33)/t21-/m0/s1. The van der Waals surface area contributed by atoms with E-state index in [1.165, 1.54) is 17.7 Å². The molecule has 0 fully saturated rings. The van der Waals surface area contributed by atoms with E-state index in [-0.39, 0.29) is 18.2 Å². The number of benzene rings is 2. The summed E-state index contributed by atoms with van der Waals surface area (Å²) in [4.78, 5) is 22.4. The normalized spacial score (nSPS) is 14.6. The van der Waals surface area contributed by atoms with Crippen molar-refractivity contribution < 1.29 is 19.0 Å². The molecule has 1 heterocycles. The van der Waals surface area contributed by atoms with Gasteiger partial charge in [-0.2, -0.15) is 0 Å². The molecule has 0 spiro atoms. The van der Waals surface area contributed by atoms with Crippen molar-refractivity contribution in [1.29, 1.82) is 0 Å². The summed E-state index contributed by atoms with van der Waals surface area (Å²) < 4.78 is 19.3. The monoisotopic (exact) mass is 463 g/mol. The van der Waals surface area contributed by atoms with Gasteiger partial charge in [0.25, 0.3) is 0 Å². The van der Waals surface area contributed by atoms with Gasteiger partial charge in [0.15, 0.2) is 5.82 Å². The molecule has 0 radical (unpaired) electrons. The maximum atomic E-state index is 13.3. The summed E-state index contributed by atoms with van der Waals surface area (Å²) in [6.07, 6.45) is 5.44. The Bertz CT molecular complexity index is 1150. The SMILES string of the molecule is CCc1cnc(-c2ccc(F)cc2)nc1N(C)CCCOc1ccc2c(c1)CC[C@H]2CC(=O)O. The van der Waals surface area contributed by atoms with E-state index in [4.69, 9.17) is 14.8 Å². The number of halogens is 1. The Hall–Kier alpha value is -3.48. The fourth-order valence-electron chi connectivity index (χ4n) is 4.51. The van der Waals surface area contributed by atoms with Crippen molar-refractivity contribution >= 4 is 11.8 Å². The van der Waals surface area contributed by atoms with Gasteiger partial charge in [0.05, 0.1) is 13.0 Å². The third-order valence-electron chi connectivity index (χ3n) is 6.33. The highest BCUT2D eigenvalue weighted by molar-refractivity contribution is 5.68. The van der Waals surface area contributed by atoms with E-state index in [0.29, 0.717) is 12.4 Å². The highest BCUT2D eigenvalue weighted by Gasteiger charge is 2.24. The minimum atomic E-state index is -0.748. The van der Waals surface area contributed by atoms with Gasteiger partial charge in [0, 0.05) is 30.9 Å². The summed E-state index contributed by atoms with van der Waals surface area (Å²) in [7, 11) is 2.01. The molecule has 0 bridgehead atoms. The first kappa shape index (κ1) is 23.7. The Labute approximate surface area is 199 Å². The van der Waals surface area contributed by atoms with Crippen molar-refractivity contribution in [3.05, 3.63) is 71.2 Å². The smallest absolute Gasteiger partial charge is 0.303 e. The summed E-state index contributed by atoms with van der Waals surface area (Å²) in [5, 5.41) is 9.09. The van der Waals surface area contributed by atoms with Crippen LogP contribution in [0, 0.1) is 5.82 Å². The number of anilines is 1. The topological polar surface area (TPSA) is 75.5 Å². The highest BCUT2D eigenvalue weighted by Crippen LogP contribution is 2.37. The number of hydrogen-bond donors (Lipinski definition) is 1. The summed E-state index contributed by atoms with van der Waals surface area (Å²) in [5.74, 6) is 1.35. The van der Waals surface area contributed by atoms with E-state index in [2.05, 4.69) is 22.9 Å². The molecule has 4 rings (SSSR count). The number of aromatic nitrogens is 2. The lowest BCUT2D eigenvalue weighted by Gasteiger charge is -2.21. The van der Waals surface area contributed by atoms with Crippen LogP contribution in [0.15, 0.2) is 48.7 Å². The zero-order chi connectivity index (χ0) is 24.1. The molecule has 178 valence electrons. The third-order valence-corrected chi connectivity index (χ3v) is 6.33. The van der Waals surface area contributed by atoms with Crippen LogP contribution < -0.4 is 9.64 Å². The van der Waals surface area contributed by atoms with Crippen LogP contribution >= 0.6 is 0 Å².